The fourth-order valence-electron chi connectivity index (χ4n) is 2.98. The molecular weight excluding hydrogens is 443 g/mol. The Bertz CT molecular complexity index is 1330. The van der Waals surface area contributed by atoms with Gasteiger partial charge in [0.2, 0.25) is 5.91 Å². The molecule has 0 fully saturated rings. The van der Waals surface area contributed by atoms with Crippen molar-refractivity contribution in [2.75, 3.05) is 5.32 Å². The zero-order valence-corrected chi connectivity index (χ0v) is 18.4. The summed E-state index contributed by atoms with van der Waals surface area (Å²) in [5.74, 6) is -0.413. The highest BCUT2D eigenvalue weighted by Gasteiger charge is 2.18. The molecule has 0 aliphatic carbocycles. The number of aryl methyl sites for hydroxylation is 2. The molecule has 0 radical (unpaired) electrons. The van der Waals surface area contributed by atoms with Gasteiger partial charge in [-0.3, -0.25) is 9.59 Å². The third-order valence-corrected chi connectivity index (χ3v) is 6.15. The Morgan fingerprint density at radius 2 is 1.83 bits per heavy atom. The molecule has 0 atom stereocenters. The van der Waals surface area contributed by atoms with Crippen molar-refractivity contribution in [3.63, 3.8) is 0 Å². The normalized spacial score (nSPS) is 11.1. The van der Waals surface area contributed by atoms with Gasteiger partial charge in [0.25, 0.3) is 5.56 Å². The number of carbonyl (C=O) groups is 1. The molecule has 2 aromatic carbocycles. The number of carbonyl (C=O) groups excluding carboxylic acids is 1. The maximum atomic E-state index is 12.9. The van der Waals surface area contributed by atoms with Crippen LogP contribution in [0.5, 0.6) is 0 Å². The maximum Gasteiger partial charge on any atom is 0.294 e. The second-order valence-corrected chi connectivity index (χ2v) is 8.78. The number of nitrogens with zero attached hydrogens (tertiary/aromatic N) is 3. The first kappa shape index (κ1) is 20.5. The monoisotopic (exact) mass is 458 g/mol. The Balaban J connectivity index is 1.72. The molecule has 0 saturated heterocycles. The molecule has 0 aliphatic rings. The number of amides is 1. The lowest BCUT2D eigenvalue weighted by atomic mass is 10.1. The summed E-state index contributed by atoms with van der Waals surface area (Å²) in [5.41, 5.74) is 2.97. The maximum absolute atomic E-state index is 12.9. The number of nitrogens with one attached hydrogen (secondary N) is 1. The van der Waals surface area contributed by atoms with Gasteiger partial charge in [-0.05, 0) is 32.0 Å². The van der Waals surface area contributed by atoms with Gasteiger partial charge in [-0.15, -0.1) is 11.3 Å². The zero-order chi connectivity index (χ0) is 21.4. The highest BCUT2D eigenvalue weighted by atomic mass is 35.5. The topological polar surface area (TPSA) is 76.9 Å². The number of hydrogen-bond acceptors (Lipinski definition) is 5. The third kappa shape index (κ3) is 4.09. The van der Waals surface area contributed by atoms with Crippen molar-refractivity contribution in [3.8, 4) is 11.3 Å². The van der Waals surface area contributed by atoms with E-state index in [-0.39, 0.29) is 6.54 Å². The molecule has 0 saturated carbocycles. The third-order valence-electron chi connectivity index (χ3n) is 4.43. The molecule has 2 heterocycles. The smallest absolute Gasteiger partial charge is 0.294 e. The van der Waals surface area contributed by atoms with Gasteiger partial charge in [0.15, 0.2) is 5.52 Å². The largest absolute Gasteiger partial charge is 0.324 e. The van der Waals surface area contributed by atoms with Crippen molar-refractivity contribution < 1.29 is 4.79 Å². The molecule has 0 aliphatic heterocycles. The number of fused-ring (bicyclic) bond motifs is 1. The summed E-state index contributed by atoms with van der Waals surface area (Å²) in [6.07, 6.45) is 0. The van der Waals surface area contributed by atoms with Crippen LogP contribution in [0.2, 0.25) is 10.0 Å². The van der Waals surface area contributed by atoms with E-state index in [0.29, 0.717) is 31.6 Å². The molecule has 1 amide bonds. The van der Waals surface area contributed by atoms with E-state index >= 15 is 0 Å². The minimum absolute atomic E-state index is 0.259. The SMILES string of the molecule is Cc1ccc(-c2nn(CC(=O)Nc3ccc(Cl)c(Cl)c3)c(=O)c3nc(C)sc23)cc1. The first-order valence-electron chi connectivity index (χ1n) is 9.02. The molecule has 2 aromatic heterocycles. The first-order valence-corrected chi connectivity index (χ1v) is 10.6. The highest BCUT2D eigenvalue weighted by molar-refractivity contribution is 7.19. The molecule has 6 nitrogen and oxygen atoms in total. The number of rotatable bonds is 4. The predicted octanol–water partition coefficient (Wildman–Crippen LogP) is 5.08. The summed E-state index contributed by atoms with van der Waals surface area (Å²) in [7, 11) is 0. The van der Waals surface area contributed by atoms with E-state index in [1.807, 2.05) is 38.1 Å². The van der Waals surface area contributed by atoms with Crippen LogP contribution in [-0.4, -0.2) is 20.7 Å². The van der Waals surface area contributed by atoms with Crippen LogP contribution in [0.1, 0.15) is 10.6 Å². The van der Waals surface area contributed by atoms with Gasteiger partial charge in [-0.1, -0.05) is 53.0 Å². The van der Waals surface area contributed by atoms with Crippen LogP contribution in [0.25, 0.3) is 21.5 Å². The van der Waals surface area contributed by atoms with Gasteiger partial charge in [0.1, 0.15) is 12.2 Å². The molecule has 9 heteroatoms. The van der Waals surface area contributed by atoms with Gasteiger partial charge in [0, 0.05) is 11.3 Å². The van der Waals surface area contributed by atoms with Gasteiger partial charge >= 0.3 is 0 Å². The van der Waals surface area contributed by atoms with Gasteiger partial charge in [-0.25, -0.2) is 9.67 Å². The summed E-state index contributed by atoms with van der Waals surface area (Å²) in [4.78, 5) is 29.8. The van der Waals surface area contributed by atoms with Crippen molar-refractivity contribution in [1.82, 2.24) is 14.8 Å². The van der Waals surface area contributed by atoms with Gasteiger partial charge in [-0.2, -0.15) is 5.10 Å². The van der Waals surface area contributed by atoms with Crippen molar-refractivity contribution >= 4 is 56.3 Å². The number of halogens is 2. The summed E-state index contributed by atoms with van der Waals surface area (Å²) in [6.45, 7) is 3.58. The van der Waals surface area contributed by atoms with Crippen LogP contribution in [-0.2, 0) is 11.3 Å². The van der Waals surface area contributed by atoms with Crippen molar-refractivity contribution in [1.29, 1.82) is 0 Å². The van der Waals surface area contributed by atoms with Crippen molar-refractivity contribution in [2.45, 2.75) is 20.4 Å². The van der Waals surface area contributed by atoms with E-state index < -0.39 is 11.5 Å². The van der Waals surface area contributed by atoms with Crippen LogP contribution in [0, 0.1) is 13.8 Å². The van der Waals surface area contributed by atoms with Crippen LogP contribution < -0.4 is 10.9 Å². The molecule has 1 N–H and O–H groups in total. The Morgan fingerprint density at radius 3 is 2.53 bits per heavy atom. The van der Waals surface area contributed by atoms with Crippen LogP contribution in [0.4, 0.5) is 5.69 Å². The minimum atomic E-state index is -0.413. The molecule has 0 bridgehead atoms. The Labute approximate surface area is 186 Å². The lowest BCUT2D eigenvalue weighted by Crippen LogP contribution is -2.30. The van der Waals surface area contributed by atoms with Crippen LogP contribution in [0.15, 0.2) is 47.3 Å². The van der Waals surface area contributed by atoms with E-state index in [1.165, 1.54) is 11.3 Å². The zero-order valence-electron chi connectivity index (χ0n) is 16.1. The Hall–Kier alpha value is -2.74. The summed E-state index contributed by atoms with van der Waals surface area (Å²) in [5, 5.41) is 8.67. The van der Waals surface area contributed by atoms with E-state index in [9.17, 15) is 9.59 Å². The molecule has 0 spiro atoms. The summed E-state index contributed by atoms with van der Waals surface area (Å²) in [6, 6.07) is 12.6. The van der Waals surface area contributed by atoms with E-state index in [2.05, 4.69) is 15.4 Å². The van der Waals surface area contributed by atoms with Crippen LogP contribution >= 0.6 is 34.5 Å². The second-order valence-electron chi connectivity index (χ2n) is 6.77. The lowest BCUT2D eigenvalue weighted by Gasteiger charge is -2.10. The standard InChI is InChI=1S/C21H16Cl2N4O2S/c1-11-3-5-13(6-4-11)18-20-19(24-12(2)30-20)21(29)27(26-18)10-17(28)25-14-7-8-15(22)16(23)9-14/h3-9H,10H2,1-2H3,(H,25,28). The average Bonchev–Trinajstić information content (AvgIpc) is 3.10. The molecule has 4 aromatic rings. The summed E-state index contributed by atoms with van der Waals surface area (Å²) >= 11 is 13.3. The Kier molecular flexibility index (Phi) is 5.60. The number of aromatic nitrogens is 3. The fraction of sp³-hybridized carbons (Fsp3) is 0.143. The number of anilines is 1. The number of thiazole rings is 1. The van der Waals surface area contributed by atoms with Crippen molar-refractivity contribution in [3.05, 3.63) is 73.4 Å². The first-order chi connectivity index (χ1) is 14.3. The molecule has 0 unspecified atom stereocenters. The molecule has 30 heavy (non-hydrogen) atoms. The molecule has 4 rings (SSSR count). The molecule has 152 valence electrons. The van der Waals surface area contributed by atoms with E-state index in [4.69, 9.17) is 23.2 Å². The number of hydrogen-bond donors (Lipinski definition) is 1. The number of benzene rings is 2. The molecular formula is C21H16Cl2N4O2S. The highest BCUT2D eigenvalue weighted by Crippen LogP contribution is 2.29. The fourth-order valence-corrected chi connectivity index (χ4v) is 4.20. The van der Waals surface area contributed by atoms with E-state index in [0.717, 1.165) is 20.8 Å². The van der Waals surface area contributed by atoms with Gasteiger partial charge < -0.3 is 5.32 Å². The van der Waals surface area contributed by atoms with Crippen molar-refractivity contribution in [2.24, 2.45) is 0 Å². The summed E-state index contributed by atoms with van der Waals surface area (Å²) < 4.78 is 1.85. The average molecular weight is 459 g/mol. The minimum Gasteiger partial charge on any atom is -0.324 e. The Morgan fingerprint density at radius 1 is 1.10 bits per heavy atom. The second kappa shape index (κ2) is 8.18. The van der Waals surface area contributed by atoms with Crippen LogP contribution in [0.3, 0.4) is 0 Å². The predicted molar refractivity (Wildman–Crippen MR) is 122 cm³/mol. The van der Waals surface area contributed by atoms with E-state index in [1.54, 1.807) is 18.2 Å². The quantitative estimate of drug-likeness (QED) is 0.462. The van der Waals surface area contributed by atoms with Gasteiger partial charge in [0.05, 0.1) is 19.8 Å². The lowest BCUT2D eigenvalue weighted by molar-refractivity contribution is -0.117.